The van der Waals surface area contributed by atoms with Gasteiger partial charge in [-0.05, 0) is 36.6 Å². The summed E-state index contributed by atoms with van der Waals surface area (Å²) >= 11 is 5.59. The second-order valence-corrected chi connectivity index (χ2v) is 4.24. The minimum absolute atomic E-state index is 0.222. The second-order valence-electron chi connectivity index (χ2n) is 3.87. The first-order valence-electron chi connectivity index (χ1n) is 5.75. The number of amides is 1. The molecule has 18 heavy (non-hydrogen) atoms. The highest BCUT2D eigenvalue weighted by atomic mass is 35.5. The van der Waals surface area contributed by atoms with Gasteiger partial charge in [-0.1, -0.05) is 0 Å². The molecule has 0 aliphatic rings. The molecule has 2 aromatic heterocycles. The van der Waals surface area contributed by atoms with Crippen LogP contribution >= 0.6 is 11.6 Å². The summed E-state index contributed by atoms with van der Waals surface area (Å²) in [5, 5.41) is 3.00. The van der Waals surface area contributed by atoms with E-state index in [9.17, 15) is 4.79 Å². The zero-order chi connectivity index (χ0) is 12.8. The molecule has 2 rings (SSSR count). The summed E-state index contributed by atoms with van der Waals surface area (Å²) in [7, 11) is 0. The predicted octanol–water partition coefficient (Wildman–Crippen LogP) is 2.34. The number of carbonyl (C=O) groups excluding carboxylic acids is 1. The molecular formula is C12H14ClN3O2. The van der Waals surface area contributed by atoms with Gasteiger partial charge in [0.15, 0.2) is 11.0 Å². The van der Waals surface area contributed by atoms with Gasteiger partial charge >= 0.3 is 0 Å². The number of nitrogens with one attached hydrogen (secondary N) is 1. The summed E-state index contributed by atoms with van der Waals surface area (Å²) in [5.41, 5.74) is 0. The van der Waals surface area contributed by atoms with Crippen LogP contribution in [0.4, 0.5) is 0 Å². The van der Waals surface area contributed by atoms with E-state index < -0.39 is 0 Å². The third-order valence-electron chi connectivity index (χ3n) is 2.48. The maximum absolute atomic E-state index is 11.6. The molecule has 2 aromatic rings. The van der Waals surface area contributed by atoms with Gasteiger partial charge in [0.25, 0.3) is 5.91 Å². The van der Waals surface area contributed by atoms with Gasteiger partial charge in [0.05, 0.1) is 6.33 Å². The molecule has 6 heteroatoms. The molecule has 1 amide bonds. The number of carbonyl (C=O) groups is 1. The number of furan rings is 1. The number of imidazole rings is 1. The van der Waals surface area contributed by atoms with E-state index in [-0.39, 0.29) is 16.9 Å². The van der Waals surface area contributed by atoms with Crippen LogP contribution in [0, 0.1) is 0 Å². The van der Waals surface area contributed by atoms with Crippen molar-refractivity contribution in [3.8, 4) is 0 Å². The fourth-order valence-corrected chi connectivity index (χ4v) is 1.71. The van der Waals surface area contributed by atoms with Gasteiger partial charge < -0.3 is 14.3 Å². The molecule has 96 valence electrons. The number of hydrogen-bond donors (Lipinski definition) is 1. The number of unbranched alkanes of at least 4 members (excludes halogenated alkanes) is 1. The molecule has 1 N–H and O–H groups in total. The summed E-state index contributed by atoms with van der Waals surface area (Å²) in [6.45, 7) is 1.52. The molecule has 0 unspecified atom stereocenters. The van der Waals surface area contributed by atoms with Crippen molar-refractivity contribution in [2.24, 2.45) is 0 Å². The van der Waals surface area contributed by atoms with Crippen molar-refractivity contribution < 1.29 is 9.21 Å². The number of rotatable bonds is 6. The molecule has 0 aromatic carbocycles. The van der Waals surface area contributed by atoms with Crippen molar-refractivity contribution in [2.45, 2.75) is 19.4 Å². The Labute approximate surface area is 110 Å². The third-order valence-corrected chi connectivity index (χ3v) is 2.69. The van der Waals surface area contributed by atoms with Crippen molar-refractivity contribution >= 4 is 17.5 Å². The first-order valence-corrected chi connectivity index (χ1v) is 6.13. The average molecular weight is 268 g/mol. The molecule has 0 fully saturated rings. The standard InChI is InChI=1S/C12H14ClN3O2/c13-11-4-3-10(18-11)12(17)15-5-1-2-7-16-8-6-14-9-16/h3-4,6,8-9H,1-2,5,7H2,(H,15,17). The maximum atomic E-state index is 11.6. The lowest BCUT2D eigenvalue weighted by molar-refractivity contribution is 0.0925. The number of halogens is 1. The third kappa shape index (κ3) is 3.63. The Morgan fingerprint density at radius 2 is 2.33 bits per heavy atom. The van der Waals surface area contributed by atoms with Gasteiger partial charge in [0.1, 0.15) is 0 Å². The average Bonchev–Trinajstić information content (AvgIpc) is 2.99. The SMILES string of the molecule is O=C(NCCCCn1ccnc1)c1ccc(Cl)o1. The van der Waals surface area contributed by atoms with Crippen LogP contribution in [0.15, 0.2) is 35.3 Å². The molecular weight excluding hydrogens is 254 g/mol. The lowest BCUT2D eigenvalue weighted by Crippen LogP contribution is -2.24. The quantitative estimate of drug-likeness (QED) is 0.817. The van der Waals surface area contributed by atoms with Crippen LogP contribution in [0.5, 0.6) is 0 Å². The minimum atomic E-state index is -0.232. The fourth-order valence-electron chi connectivity index (χ4n) is 1.56. The molecule has 0 saturated carbocycles. The molecule has 0 atom stereocenters. The first kappa shape index (κ1) is 12.7. The molecule has 0 aliphatic carbocycles. The second kappa shape index (κ2) is 6.26. The molecule has 2 heterocycles. The molecule has 0 spiro atoms. The normalized spacial score (nSPS) is 10.5. The van der Waals surface area contributed by atoms with Gasteiger partial charge in [-0.3, -0.25) is 4.79 Å². The van der Waals surface area contributed by atoms with Gasteiger partial charge in [-0.2, -0.15) is 0 Å². The van der Waals surface area contributed by atoms with Crippen LogP contribution in [0.3, 0.4) is 0 Å². The van der Waals surface area contributed by atoms with Crippen molar-refractivity contribution in [3.05, 3.63) is 41.8 Å². The van der Waals surface area contributed by atoms with Crippen molar-refractivity contribution in [2.75, 3.05) is 6.54 Å². The van der Waals surface area contributed by atoms with Crippen LogP contribution in [0.1, 0.15) is 23.4 Å². The van der Waals surface area contributed by atoms with Crippen LogP contribution in [0.25, 0.3) is 0 Å². The van der Waals surface area contributed by atoms with E-state index in [1.165, 1.54) is 0 Å². The molecule has 0 aliphatic heterocycles. The zero-order valence-corrected chi connectivity index (χ0v) is 10.6. The fraction of sp³-hybridized carbons (Fsp3) is 0.333. The van der Waals surface area contributed by atoms with E-state index in [1.807, 2.05) is 10.8 Å². The molecule has 0 bridgehead atoms. The van der Waals surface area contributed by atoms with Crippen molar-refractivity contribution in [1.82, 2.24) is 14.9 Å². The molecule has 5 nitrogen and oxygen atoms in total. The molecule has 0 saturated heterocycles. The Balaban J connectivity index is 1.62. The minimum Gasteiger partial charge on any atom is -0.440 e. The van der Waals surface area contributed by atoms with Crippen LogP contribution in [-0.2, 0) is 6.54 Å². The largest absolute Gasteiger partial charge is 0.440 e. The summed E-state index contributed by atoms with van der Waals surface area (Å²) in [6.07, 6.45) is 7.34. The summed E-state index contributed by atoms with van der Waals surface area (Å²) in [6, 6.07) is 3.11. The van der Waals surface area contributed by atoms with Crippen molar-refractivity contribution in [3.63, 3.8) is 0 Å². The number of nitrogens with zero attached hydrogens (tertiary/aromatic N) is 2. The topological polar surface area (TPSA) is 60.1 Å². The smallest absolute Gasteiger partial charge is 0.287 e. The molecule has 0 radical (unpaired) electrons. The number of aromatic nitrogens is 2. The van der Waals surface area contributed by atoms with Crippen molar-refractivity contribution in [1.29, 1.82) is 0 Å². The Hall–Kier alpha value is -1.75. The van der Waals surface area contributed by atoms with Gasteiger partial charge in [-0.25, -0.2) is 4.98 Å². The Bertz CT molecular complexity index is 493. The Kier molecular flexibility index (Phi) is 4.41. The highest BCUT2D eigenvalue weighted by Gasteiger charge is 2.08. The van der Waals surface area contributed by atoms with Crippen LogP contribution in [-0.4, -0.2) is 22.0 Å². The highest BCUT2D eigenvalue weighted by molar-refractivity contribution is 6.29. The van der Waals surface area contributed by atoms with Crippen LogP contribution in [0.2, 0.25) is 5.22 Å². The lowest BCUT2D eigenvalue weighted by Gasteiger charge is -2.04. The van der Waals surface area contributed by atoms with E-state index >= 15 is 0 Å². The van der Waals surface area contributed by atoms with E-state index in [2.05, 4.69) is 10.3 Å². The predicted molar refractivity (Wildman–Crippen MR) is 67.5 cm³/mol. The Morgan fingerprint density at radius 1 is 1.44 bits per heavy atom. The van der Waals surface area contributed by atoms with Crippen LogP contribution < -0.4 is 5.32 Å². The van der Waals surface area contributed by atoms with E-state index in [0.29, 0.717) is 6.54 Å². The van der Waals surface area contributed by atoms with Gasteiger partial charge in [-0.15, -0.1) is 0 Å². The van der Waals surface area contributed by atoms with E-state index in [0.717, 1.165) is 19.4 Å². The van der Waals surface area contributed by atoms with Gasteiger partial charge in [0.2, 0.25) is 0 Å². The Morgan fingerprint density at radius 3 is 3.00 bits per heavy atom. The lowest BCUT2D eigenvalue weighted by atomic mass is 10.3. The summed E-state index contributed by atoms with van der Waals surface area (Å²) in [5.74, 6) is 0.0131. The maximum Gasteiger partial charge on any atom is 0.287 e. The summed E-state index contributed by atoms with van der Waals surface area (Å²) < 4.78 is 7.01. The number of aryl methyl sites for hydroxylation is 1. The highest BCUT2D eigenvalue weighted by Crippen LogP contribution is 2.12. The monoisotopic (exact) mass is 267 g/mol. The van der Waals surface area contributed by atoms with E-state index in [4.69, 9.17) is 16.0 Å². The van der Waals surface area contributed by atoms with Gasteiger partial charge in [0, 0.05) is 25.5 Å². The summed E-state index contributed by atoms with van der Waals surface area (Å²) in [4.78, 5) is 15.5. The first-order chi connectivity index (χ1) is 8.75. The number of hydrogen-bond acceptors (Lipinski definition) is 3. The zero-order valence-electron chi connectivity index (χ0n) is 9.80. The van der Waals surface area contributed by atoms with E-state index in [1.54, 1.807) is 24.7 Å².